The molecule has 1 saturated heterocycles. The number of amides is 3. The summed E-state index contributed by atoms with van der Waals surface area (Å²) >= 11 is 6.99. The number of hydrazine groups is 1. The molecule has 2 aromatic carbocycles. The van der Waals surface area contributed by atoms with Gasteiger partial charge in [0.25, 0.3) is 29.1 Å². The van der Waals surface area contributed by atoms with Gasteiger partial charge < -0.3 is 0 Å². The summed E-state index contributed by atoms with van der Waals surface area (Å²) in [7, 11) is 0. The van der Waals surface area contributed by atoms with E-state index in [1.54, 1.807) is 0 Å². The average Bonchev–Trinajstić information content (AvgIpc) is 3.11. The number of fused-ring (bicyclic) bond motifs is 1. The third-order valence-electron chi connectivity index (χ3n) is 6.36. The fraction of sp³-hybridized carbons (Fsp3) is 0.304. The van der Waals surface area contributed by atoms with Crippen LogP contribution in [-0.2, 0) is 9.59 Å². The molecule has 1 aliphatic carbocycles. The highest BCUT2D eigenvalue weighted by molar-refractivity contribution is 9.12. The van der Waals surface area contributed by atoms with E-state index in [1.807, 2.05) is 0 Å². The van der Waals surface area contributed by atoms with Crippen LogP contribution >= 0.6 is 31.9 Å². The van der Waals surface area contributed by atoms with Crippen molar-refractivity contribution in [2.75, 3.05) is 6.54 Å². The fourth-order valence-electron chi connectivity index (χ4n) is 4.45. The Hall–Kier alpha value is -3.52. The Morgan fingerprint density at radius 2 is 1.41 bits per heavy atom. The number of nitrogens with zero attached hydrogens (tertiary/aromatic N) is 4. The smallest absolute Gasteiger partial charge is 0.273 e. The predicted octanol–water partition coefficient (Wildman–Crippen LogP) is 3.67. The van der Waals surface area contributed by atoms with Crippen molar-refractivity contribution in [2.24, 2.45) is 11.8 Å². The number of carbonyl (C=O) groups is 4. The zero-order chi connectivity index (χ0) is 27.0. The van der Waals surface area contributed by atoms with E-state index in [-0.39, 0.29) is 32.2 Å². The number of nitro benzene ring substituents is 2. The van der Waals surface area contributed by atoms with E-state index in [4.69, 9.17) is 0 Å². The summed E-state index contributed by atoms with van der Waals surface area (Å²) in [5, 5.41) is 23.5. The second kappa shape index (κ2) is 10.5. The summed E-state index contributed by atoms with van der Waals surface area (Å²) in [5.74, 6) is -4.35. The molecule has 0 bridgehead atoms. The maximum Gasteiger partial charge on any atom is 0.273 e. The lowest BCUT2D eigenvalue weighted by atomic mass is 9.81. The Labute approximate surface area is 226 Å². The molecular weight excluding hydrogens is 620 g/mol. The molecule has 3 amide bonds. The van der Waals surface area contributed by atoms with Crippen molar-refractivity contribution in [3.8, 4) is 0 Å². The number of carbonyl (C=O) groups excluding carboxylic acids is 4. The normalized spacial score (nSPS) is 22.9. The number of non-ortho nitro benzene ring substituents is 2. The maximum atomic E-state index is 13.5. The van der Waals surface area contributed by atoms with Gasteiger partial charge >= 0.3 is 0 Å². The maximum absolute atomic E-state index is 13.5. The molecule has 2 fully saturated rings. The third kappa shape index (κ3) is 5.16. The van der Waals surface area contributed by atoms with Gasteiger partial charge in [0.15, 0.2) is 5.78 Å². The molecule has 0 spiro atoms. The lowest BCUT2D eigenvalue weighted by Gasteiger charge is -2.30. The van der Waals surface area contributed by atoms with Crippen molar-refractivity contribution in [1.82, 2.24) is 10.0 Å². The lowest BCUT2D eigenvalue weighted by Crippen LogP contribution is -2.52. The number of halogens is 2. The molecule has 2 aromatic rings. The van der Waals surface area contributed by atoms with Crippen molar-refractivity contribution in [1.29, 1.82) is 0 Å². The van der Waals surface area contributed by atoms with Gasteiger partial charge in [-0.1, -0.05) is 37.9 Å². The van der Waals surface area contributed by atoms with Crippen LogP contribution in [0.2, 0.25) is 0 Å². The Morgan fingerprint density at radius 3 is 1.92 bits per heavy atom. The zero-order valence-electron chi connectivity index (χ0n) is 18.9. The first kappa shape index (κ1) is 26.5. The Balaban J connectivity index is 1.71. The fourth-order valence-corrected chi connectivity index (χ4v) is 5.68. The zero-order valence-corrected chi connectivity index (χ0v) is 22.0. The number of alkyl halides is 2. The van der Waals surface area contributed by atoms with Crippen molar-refractivity contribution in [3.63, 3.8) is 0 Å². The van der Waals surface area contributed by atoms with Crippen LogP contribution in [0.3, 0.4) is 0 Å². The van der Waals surface area contributed by atoms with E-state index in [2.05, 4.69) is 31.9 Å². The van der Waals surface area contributed by atoms with E-state index in [0.717, 1.165) is 18.2 Å². The van der Waals surface area contributed by atoms with Gasteiger partial charge in [-0.3, -0.25) is 39.4 Å². The van der Waals surface area contributed by atoms with Crippen LogP contribution < -0.4 is 0 Å². The Morgan fingerprint density at radius 1 is 0.865 bits per heavy atom. The van der Waals surface area contributed by atoms with E-state index in [0.29, 0.717) is 22.9 Å². The number of hydrogen-bond acceptors (Lipinski definition) is 8. The van der Waals surface area contributed by atoms with Crippen molar-refractivity contribution in [2.45, 2.75) is 22.5 Å². The van der Waals surface area contributed by atoms with Gasteiger partial charge in [-0.2, -0.15) is 5.01 Å². The number of hydrogen-bond donors (Lipinski definition) is 0. The molecule has 12 nitrogen and oxygen atoms in total. The highest BCUT2D eigenvalue weighted by atomic mass is 79.9. The Bertz CT molecular complexity index is 1290. The van der Waals surface area contributed by atoms with Gasteiger partial charge in [-0.25, -0.2) is 5.01 Å². The molecule has 192 valence electrons. The average molecular weight is 638 g/mol. The van der Waals surface area contributed by atoms with Crippen LogP contribution in [0.15, 0.2) is 48.5 Å². The summed E-state index contributed by atoms with van der Waals surface area (Å²) in [6.45, 7) is -0.744. The topological polar surface area (TPSA) is 161 Å². The molecule has 0 unspecified atom stereocenters. The summed E-state index contributed by atoms with van der Waals surface area (Å²) < 4.78 is 0. The molecule has 4 atom stereocenters. The van der Waals surface area contributed by atoms with Crippen LogP contribution in [0.4, 0.5) is 11.4 Å². The van der Waals surface area contributed by atoms with Crippen LogP contribution in [0.5, 0.6) is 0 Å². The second-order valence-electron chi connectivity index (χ2n) is 8.60. The standard InChI is InChI=1S/C23H18Br2N4O8/c24-18-9-16-17(10-19(18)25)23(33)27(22(16)32)26(21(31)13-2-1-3-15(8-13)29(36)37)11-20(30)12-4-6-14(7-5-12)28(34)35/h1-8,16-19H,9-11H2/t16-,17+,18+,19-. The summed E-state index contributed by atoms with van der Waals surface area (Å²) in [6.07, 6.45) is 0.660. The third-order valence-corrected chi connectivity index (χ3v) is 9.09. The molecule has 37 heavy (non-hydrogen) atoms. The van der Waals surface area contributed by atoms with Gasteiger partial charge in [-0.15, -0.1) is 0 Å². The minimum absolute atomic E-state index is 0.0139. The molecule has 1 aliphatic heterocycles. The number of benzene rings is 2. The number of Topliss-reactive ketones (excluding diaryl/α,β-unsaturated/α-hetero) is 1. The predicted molar refractivity (Wildman–Crippen MR) is 135 cm³/mol. The number of nitro groups is 2. The van der Waals surface area contributed by atoms with Gasteiger partial charge in [0, 0.05) is 45.0 Å². The first-order valence-electron chi connectivity index (χ1n) is 11.0. The highest BCUT2D eigenvalue weighted by Gasteiger charge is 2.54. The number of imide groups is 1. The molecule has 4 rings (SSSR count). The number of ketones is 1. The summed E-state index contributed by atoms with van der Waals surface area (Å²) in [6, 6.07) is 9.37. The minimum atomic E-state index is -0.954. The largest absolute Gasteiger partial charge is 0.292 e. The lowest BCUT2D eigenvalue weighted by molar-refractivity contribution is -0.385. The molecule has 1 heterocycles. The van der Waals surface area contributed by atoms with E-state index in [9.17, 15) is 39.4 Å². The van der Waals surface area contributed by atoms with Crippen LogP contribution in [0.25, 0.3) is 0 Å². The van der Waals surface area contributed by atoms with E-state index < -0.39 is 51.7 Å². The SMILES string of the molecule is O=C(CN(C(=O)c1cccc([N+](=O)[O-])c1)N1C(=O)[C@H]2C[C@@H](Br)[C@@H](Br)C[C@H]2C1=O)c1ccc([N+](=O)[O-])cc1. The molecule has 0 N–H and O–H groups in total. The Kier molecular flexibility index (Phi) is 7.50. The molecule has 14 heteroatoms. The van der Waals surface area contributed by atoms with E-state index >= 15 is 0 Å². The minimum Gasteiger partial charge on any atom is -0.292 e. The number of rotatable bonds is 7. The summed E-state index contributed by atoms with van der Waals surface area (Å²) in [5.41, 5.74) is -0.814. The van der Waals surface area contributed by atoms with Crippen molar-refractivity contribution < 1.29 is 29.0 Å². The first-order chi connectivity index (χ1) is 17.5. The molecule has 1 saturated carbocycles. The molecule has 0 radical (unpaired) electrons. The first-order valence-corrected chi connectivity index (χ1v) is 12.8. The van der Waals surface area contributed by atoms with Crippen LogP contribution in [-0.4, -0.2) is 59.6 Å². The molecular formula is C23H18Br2N4O8. The van der Waals surface area contributed by atoms with Crippen molar-refractivity contribution >= 4 is 66.7 Å². The summed E-state index contributed by atoms with van der Waals surface area (Å²) in [4.78, 5) is 74.0. The van der Waals surface area contributed by atoms with Gasteiger partial charge in [0.2, 0.25) is 0 Å². The van der Waals surface area contributed by atoms with Crippen LogP contribution in [0.1, 0.15) is 33.6 Å². The van der Waals surface area contributed by atoms with Crippen LogP contribution in [0, 0.1) is 32.1 Å². The highest BCUT2D eigenvalue weighted by Crippen LogP contribution is 2.43. The van der Waals surface area contributed by atoms with E-state index in [1.165, 1.54) is 30.3 Å². The quantitative estimate of drug-likeness (QED) is 0.146. The van der Waals surface area contributed by atoms with Gasteiger partial charge in [0.1, 0.15) is 6.54 Å². The second-order valence-corrected chi connectivity index (χ2v) is 11.0. The molecule has 0 aromatic heterocycles. The molecule has 2 aliphatic rings. The monoisotopic (exact) mass is 636 g/mol. The van der Waals surface area contributed by atoms with Crippen molar-refractivity contribution in [3.05, 3.63) is 79.9 Å². The van der Waals surface area contributed by atoms with Gasteiger partial charge in [0.05, 0.1) is 21.7 Å². The van der Waals surface area contributed by atoms with Gasteiger partial charge in [-0.05, 0) is 31.0 Å².